The molecule has 4 heterocycles. The van der Waals surface area contributed by atoms with Gasteiger partial charge in [0, 0.05) is 38.7 Å². The van der Waals surface area contributed by atoms with Gasteiger partial charge in [-0.05, 0) is 31.9 Å². The Hall–Kier alpha value is -2.57. The van der Waals surface area contributed by atoms with Crippen molar-refractivity contribution in [3.8, 4) is 5.75 Å². The number of aromatic nitrogens is 2. The molecule has 0 saturated carbocycles. The summed E-state index contributed by atoms with van der Waals surface area (Å²) in [6, 6.07) is 3.88. The van der Waals surface area contributed by atoms with Crippen LogP contribution in [0, 0.1) is 6.92 Å². The molecule has 0 aromatic carbocycles. The Kier molecular flexibility index (Phi) is 5.01. The van der Waals surface area contributed by atoms with E-state index in [1.807, 2.05) is 37.1 Å². The number of carbonyl (C=O) groups excluding carboxylic acids is 1. The molecule has 144 valence electrons. The highest BCUT2D eigenvalue weighted by molar-refractivity contribution is 5.96. The number of rotatable bonds is 5. The highest BCUT2D eigenvalue weighted by atomic mass is 16.5. The van der Waals surface area contributed by atoms with E-state index in [9.17, 15) is 4.79 Å². The summed E-state index contributed by atoms with van der Waals surface area (Å²) in [5.41, 5.74) is 1.27. The van der Waals surface area contributed by atoms with Gasteiger partial charge in [-0.1, -0.05) is 12.1 Å². The summed E-state index contributed by atoms with van der Waals surface area (Å²) >= 11 is 0. The second-order valence-electron chi connectivity index (χ2n) is 7.22. The number of hydrogen-bond donors (Lipinski definition) is 0. The first kappa shape index (κ1) is 17.8. The van der Waals surface area contributed by atoms with Gasteiger partial charge in [0.15, 0.2) is 11.6 Å². The first-order valence-corrected chi connectivity index (χ1v) is 9.78. The van der Waals surface area contributed by atoms with Crippen LogP contribution < -0.4 is 9.64 Å². The number of pyridine rings is 1. The van der Waals surface area contributed by atoms with Crippen molar-refractivity contribution in [1.82, 2.24) is 15.0 Å². The lowest BCUT2D eigenvalue weighted by Crippen LogP contribution is -2.32. The van der Waals surface area contributed by atoms with E-state index >= 15 is 0 Å². The summed E-state index contributed by atoms with van der Waals surface area (Å²) < 4.78 is 11.5. The van der Waals surface area contributed by atoms with Crippen LogP contribution in [0.1, 0.15) is 48.0 Å². The van der Waals surface area contributed by atoms with Crippen molar-refractivity contribution in [1.29, 1.82) is 0 Å². The van der Waals surface area contributed by atoms with Crippen LogP contribution in [0.5, 0.6) is 5.75 Å². The highest BCUT2D eigenvalue weighted by Gasteiger charge is 2.32. The third kappa shape index (κ3) is 3.50. The van der Waals surface area contributed by atoms with Gasteiger partial charge in [-0.15, -0.1) is 0 Å². The number of ether oxygens (including phenoxy) is 1. The number of carbonyl (C=O) groups is 1. The van der Waals surface area contributed by atoms with Gasteiger partial charge in [0.2, 0.25) is 0 Å². The van der Waals surface area contributed by atoms with E-state index in [0.29, 0.717) is 36.5 Å². The zero-order chi connectivity index (χ0) is 18.8. The fraction of sp³-hybridized carbons (Fsp3) is 0.550. The molecule has 0 spiro atoms. The normalized spacial score (nSPS) is 19.7. The van der Waals surface area contributed by atoms with Crippen molar-refractivity contribution in [3.63, 3.8) is 0 Å². The number of nitrogens with zero attached hydrogens (tertiary/aromatic N) is 4. The number of likely N-dealkylation sites (tertiary alicyclic amines) is 1. The zero-order valence-electron chi connectivity index (χ0n) is 16.0. The molecule has 1 amide bonds. The SMILES string of the molecule is CCc1onc(C)c1C(=O)N1CC[C@H](Oc2cccnc2N2CCCC2)C1. The van der Waals surface area contributed by atoms with E-state index in [1.165, 1.54) is 12.8 Å². The second-order valence-corrected chi connectivity index (χ2v) is 7.22. The highest BCUT2D eigenvalue weighted by Crippen LogP contribution is 2.30. The van der Waals surface area contributed by atoms with Gasteiger partial charge in [-0.25, -0.2) is 4.98 Å². The Morgan fingerprint density at radius 1 is 1.33 bits per heavy atom. The average Bonchev–Trinajstić information content (AvgIpc) is 3.42. The first-order chi connectivity index (χ1) is 13.2. The molecule has 0 aliphatic carbocycles. The minimum absolute atomic E-state index is 0.0114. The standard InChI is InChI=1S/C20H26N4O3/c1-3-16-18(14(2)22-27-16)20(25)24-12-8-15(13-24)26-17-7-6-9-21-19(17)23-10-4-5-11-23/h6-7,9,15H,3-5,8,10-13H2,1-2H3/t15-/m0/s1. The lowest BCUT2D eigenvalue weighted by atomic mass is 10.1. The summed E-state index contributed by atoms with van der Waals surface area (Å²) in [4.78, 5) is 21.6. The molecule has 27 heavy (non-hydrogen) atoms. The molecule has 2 fully saturated rings. The smallest absolute Gasteiger partial charge is 0.259 e. The van der Waals surface area contributed by atoms with Crippen molar-refractivity contribution in [2.24, 2.45) is 0 Å². The molecule has 2 saturated heterocycles. The molecular formula is C20H26N4O3. The van der Waals surface area contributed by atoms with Crippen molar-refractivity contribution in [3.05, 3.63) is 35.3 Å². The van der Waals surface area contributed by atoms with Crippen LogP contribution in [0.2, 0.25) is 0 Å². The van der Waals surface area contributed by atoms with Crippen LogP contribution in [0.3, 0.4) is 0 Å². The van der Waals surface area contributed by atoms with Crippen LogP contribution in [0.25, 0.3) is 0 Å². The van der Waals surface area contributed by atoms with Crippen molar-refractivity contribution >= 4 is 11.7 Å². The molecule has 0 radical (unpaired) electrons. The Labute approximate surface area is 159 Å². The minimum atomic E-state index is -0.0234. The van der Waals surface area contributed by atoms with E-state index in [2.05, 4.69) is 15.0 Å². The fourth-order valence-corrected chi connectivity index (χ4v) is 3.92. The van der Waals surface area contributed by atoms with Gasteiger partial charge in [0.25, 0.3) is 5.91 Å². The summed E-state index contributed by atoms with van der Waals surface area (Å²) in [5.74, 6) is 2.38. The number of hydrogen-bond acceptors (Lipinski definition) is 6. The van der Waals surface area contributed by atoms with Crippen LogP contribution in [0.4, 0.5) is 5.82 Å². The lowest BCUT2D eigenvalue weighted by Gasteiger charge is -2.22. The van der Waals surface area contributed by atoms with E-state index < -0.39 is 0 Å². The minimum Gasteiger partial charge on any atom is -0.485 e. The quantitative estimate of drug-likeness (QED) is 0.806. The van der Waals surface area contributed by atoms with E-state index in [4.69, 9.17) is 9.26 Å². The maximum absolute atomic E-state index is 12.9. The molecule has 0 bridgehead atoms. The fourth-order valence-electron chi connectivity index (χ4n) is 3.92. The number of aryl methyl sites for hydroxylation is 2. The average molecular weight is 370 g/mol. The van der Waals surface area contributed by atoms with Crippen LogP contribution in [0.15, 0.2) is 22.9 Å². The second kappa shape index (κ2) is 7.58. The molecule has 2 aromatic rings. The number of amides is 1. The van der Waals surface area contributed by atoms with Gasteiger partial charge >= 0.3 is 0 Å². The largest absolute Gasteiger partial charge is 0.485 e. The van der Waals surface area contributed by atoms with Gasteiger partial charge in [0.05, 0.1) is 12.2 Å². The first-order valence-electron chi connectivity index (χ1n) is 9.78. The molecule has 2 aromatic heterocycles. The Balaban J connectivity index is 1.45. The van der Waals surface area contributed by atoms with Crippen LogP contribution in [-0.2, 0) is 6.42 Å². The predicted octanol–water partition coefficient (Wildman–Crippen LogP) is 2.83. The molecule has 0 unspecified atom stereocenters. The van der Waals surface area contributed by atoms with Gasteiger partial charge in [0.1, 0.15) is 17.4 Å². The summed E-state index contributed by atoms with van der Waals surface area (Å²) in [6.07, 6.45) is 5.64. The third-order valence-electron chi connectivity index (χ3n) is 5.35. The topological polar surface area (TPSA) is 71.7 Å². The Morgan fingerprint density at radius 3 is 2.93 bits per heavy atom. The molecule has 4 rings (SSSR count). The molecule has 7 nitrogen and oxygen atoms in total. The predicted molar refractivity (Wildman–Crippen MR) is 101 cm³/mol. The molecule has 7 heteroatoms. The van der Waals surface area contributed by atoms with Crippen LogP contribution >= 0.6 is 0 Å². The molecule has 0 N–H and O–H groups in total. The van der Waals surface area contributed by atoms with Crippen molar-refractivity contribution < 1.29 is 14.1 Å². The maximum atomic E-state index is 12.9. The van der Waals surface area contributed by atoms with E-state index in [1.54, 1.807) is 0 Å². The van der Waals surface area contributed by atoms with Gasteiger partial charge in [-0.3, -0.25) is 4.79 Å². The molecule has 2 aliphatic heterocycles. The van der Waals surface area contributed by atoms with E-state index in [-0.39, 0.29) is 12.0 Å². The van der Waals surface area contributed by atoms with Crippen molar-refractivity contribution in [2.45, 2.75) is 45.6 Å². The summed E-state index contributed by atoms with van der Waals surface area (Å²) in [6.45, 7) is 7.08. The molecular weight excluding hydrogens is 344 g/mol. The lowest BCUT2D eigenvalue weighted by molar-refractivity contribution is 0.0769. The van der Waals surface area contributed by atoms with Gasteiger partial charge in [-0.2, -0.15) is 0 Å². The Bertz CT molecular complexity index is 813. The van der Waals surface area contributed by atoms with Gasteiger partial charge < -0.3 is 19.1 Å². The van der Waals surface area contributed by atoms with Crippen molar-refractivity contribution in [2.75, 3.05) is 31.1 Å². The third-order valence-corrected chi connectivity index (χ3v) is 5.35. The monoisotopic (exact) mass is 370 g/mol. The Morgan fingerprint density at radius 2 is 2.15 bits per heavy atom. The number of anilines is 1. The molecule has 2 aliphatic rings. The van der Waals surface area contributed by atoms with Crippen LogP contribution in [-0.4, -0.2) is 53.2 Å². The molecule has 1 atom stereocenters. The van der Waals surface area contributed by atoms with E-state index in [0.717, 1.165) is 31.1 Å². The zero-order valence-corrected chi connectivity index (χ0v) is 16.0. The maximum Gasteiger partial charge on any atom is 0.259 e. The summed E-state index contributed by atoms with van der Waals surface area (Å²) in [5, 5.41) is 3.95. The summed E-state index contributed by atoms with van der Waals surface area (Å²) in [7, 11) is 0.